The molecule has 0 amide bonds. The molecule has 1 N–H and O–H groups in total. The lowest BCUT2D eigenvalue weighted by Crippen LogP contribution is -1.92. The van der Waals surface area contributed by atoms with E-state index in [2.05, 4.69) is 6.58 Å². The molecule has 2 heteroatoms. The Morgan fingerprint density at radius 3 is 2.80 bits per heavy atom. The number of ether oxygens (including phenoxy) is 1. The zero-order valence-electron chi connectivity index (χ0n) is 6.12. The number of hydrogen-bond donors (Lipinski definition) is 1. The standard InChI is InChI=1S/C8H14O2/c1-2-3-7-10-8-5-4-6-9/h2,4-5,9H,1,3,6-8H2/b5-4+. The summed E-state index contributed by atoms with van der Waals surface area (Å²) in [6, 6.07) is 0. The maximum Gasteiger partial charge on any atom is 0.0648 e. The highest BCUT2D eigenvalue weighted by Gasteiger charge is 1.79. The van der Waals surface area contributed by atoms with Crippen molar-refractivity contribution in [1.82, 2.24) is 0 Å². The van der Waals surface area contributed by atoms with Gasteiger partial charge in [0.15, 0.2) is 0 Å². The highest BCUT2D eigenvalue weighted by atomic mass is 16.5. The Morgan fingerprint density at radius 2 is 2.20 bits per heavy atom. The summed E-state index contributed by atoms with van der Waals surface area (Å²) in [5.74, 6) is 0. The summed E-state index contributed by atoms with van der Waals surface area (Å²) in [7, 11) is 0. The lowest BCUT2D eigenvalue weighted by atomic mass is 10.4. The molecule has 0 bridgehead atoms. The van der Waals surface area contributed by atoms with E-state index >= 15 is 0 Å². The van der Waals surface area contributed by atoms with Crippen LogP contribution in [0.2, 0.25) is 0 Å². The first-order valence-electron chi connectivity index (χ1n) is 3.36. The van der Waals surface area contributed by atoms with Crippen LogP contribution in [0.15, 0.2) is 24.8 Å². The third kappa shape index (κ3) is 7.40. The van der Waals surface area contributed by atoms with Gasteiger partial charge in [-0.25, -0.2) is 0 Å². The van der Waals surface area contributed by atoms with Crippen LogP contribution in [0.3, 0.4) is 0 Å². The number of hydrogen-bond acceptors (Lipinski definition) is 2. The van der Waals surface area contributed by atoms with E-state index in [4.69, 9.17) is 9.84 Å². The van der Waals surface area contributed by atoms with Gasteiger partial charge in [-0.05, 0) is 6.42 Å². The van der Waals surface area contributed by atoms with E-state index in [0.717, 1.165) is 6.42 Å². The van der Waals surface area contributed by atoms with E-state index in [1.54, 1.807) is 12.2 Å². The van der Waals surface area contributed by atoms with Gasteiger partial charge in [0.25, 0.3) is 0 Å². The monoisotopic (exact) mass is 142 g/mol. The molecule has 2 nitrogen and oxygen atoms in total. The van der Waals surface area contributed by atoms with Crippen molar-refractivity contribution in [2.45, 2.75) is 6.42 Å². The summed E-state index contributed by atoms with van der Waals surface area (Å²) < 4.78 is 5.11. The minimum absolute atomic E-state index is 0.0881. The normalized spacial score (nSPS) is 10.5. The SMILES string of the molecule is C=CCCOC/C=C/CO. The first-order chi connectivity index (χ1) is 4.91. The molecule has 0 aliphatic rings. The van der Waals surface area contributed by atoms with Gasteiger partial charge in [-0.3, -0.25) is 0 Å². The summed E-state index contributed by atoms with van der Waals surface area (Å²) in [6.07, 6.45) is 6.15. The van der Waals surface area contributed by atoms with Crippen molar-refractivity contribution in [1.29, 1.82) is 0 Å². The first-order valence-corrected chi connectivity index (χ1v) is 3.36. The second kappa shape index (κ2) is 8.40. The molecule has 0 saturated heterocycles. The van der Waals surface area contributed by atoms with Gasteiger partial charge < -0.3 is 9.84 Å². The largest absolute Gasteiger partial charge is 0.392 e. The number of aliphatic hydroxyl groups excluding tert-OH is 1. The van der Waals surface area contributed by atoms with Gasteiger partial charge in [0.1, 0.15) is 0 Å². The molecule has 0 aromatic heterocycles. The van der Waals surface area contributed by atoms with Gasteiger partial charge in [0.2, 0.25) is 0 Å². The average molecular weight is 142 g/mol. The smallest absolute Gasteiger partial charge is 0.0648 e. The fourth-order valence-electron chi connectivity index (χ4n) is 0.461. The number of rotatable bonds is 6. The fourth-order valence-corrected chi connectivity index (χ4v) is 0.461. The minimum atomic E-state index is 0.0881. The molecule has 0 heterocycles. The van der Waals surface area contributed by atoms with Crippen LogP contribution < -0.4 is 0 Å². The quantitative estimate of drug-likeness (QED) is 0.445. The lowest BCUT2D eigenvalue weighted by Gasteiger charge is -1.95. The topological polar surface area (TPSA) is 29.5 Å². The zero-order chi connectivity index (χ0) is 7.66. The zero-order valence-corrected chi connectivity index (χ0v) is 6.12. The molecule has 0 spiro atoms. The van der Waals surface area contributed by atoms with E-state index in [9.17, 15) is 0 Å². The first kappa shape index (κ1) is 9.40. The van der Waals surface area contributed by atoms with E-state index in [0.29, 0.717) is 13.2 Å². The summed E-state index contributed by atoms with van der Waals surface area (Å²) in [5.41, 5.74) is 0. The van der Waals surface area contributed by atoms with Crippen molar-refractivity contribution in [3.63, 3.8) is 0 Å². The third-order valence-corrected chi connectivity index (χ3v) is 0.952. The Morgan fingerprint density at radius 1 is 1.40 bits per heavy atom. The van der Waals surface area contributed by atoms with Gasteiger partial charge in [-0.15, -0.1) is 6.58 Å². The van der Waals surface area contributed by atoms with Gasteiger partial charge in [-0.1, -0.05) is 18.2 Å². The van der Waals surface area contributed by atoms with E-state index in [-0.39, 0.29) is 6.61 Å². The fraction of sp³-hybridized carbons (Fsp3) is 0.500. The van der Waals surface area contributed by atoms with Gasteiger partial charge >= 0.3 is 0 Å². The van der Waals surface area contributed by atoms with Crippen LogP contribution in [-0.4, -0.2) is 24.9 Å². The minimum Gasteiger partial charge on any atom is -0.392 e. The van der Waals surface area contributed by atoms with Crippen LogP contribution in [0.4, 0.5) is 0 Å². The molecule has 10 heavy (non-hydrogen) atoms. The molecule has 0 rings (SSSR count). The second-order valence-electron chi connectivity index (χ2n) is 1.81. The van der Waals surface area contributed by atoms with Crippen molar-refractivity contribution in [3.8, 4) is 0 Å². The molecule has 0 aromatic carbocycles. The number of aliphatic hydroxyl groups is 1. The van der Waals surface area contributed by atoms with E-state index in [1.807, 2.05) is 6.08 Å². The maximum absolute atomic E-state index is 8.31. The molecule has 0 aliphatic heterocycles. The van der Waals surface area contributed by atoms with Gasteiger partial charge in [0, 0.05) is 0 Å². The predicted octanol–water partition coefficient (Wildman–Crippen LogP) is 1.13. The van der Waals surface area contributed by atoms with E-state index in [1.165, 1.54) is 0 Å². The molecule has 0 atom stereocenters. The van der Waals surface area contributed by atoms with Crippen LogP contribution in [-0.2, 0) is 4.74 Å². The molecule has 58 valence electrons. The molecule has 0 unspecified atom stereocenters. The van der Waals surface area contributed by atoms with Crippen LogP contribution in [0.25, 0.3) is 0 Å². The summed E-state index contributed by atoms with van der Waals surface area (Å²) in [4.78, 5) is 0. The van der Waals surface area contributed by atoms with Crippen molar-refractivity contribution in [3.05, 3.63) is 24.8 Å². The van der Waals surface area contributed by atoms with Crippen LogP contribution in [0.5, 0.6) is 0 Å². The third-order valence-electron chi connectivity index (χ3n) is 0.952. The second-order valence-corrected chi connectivity index (χ2v) is 1.81. The van der Waals surface area contributed by atoms with Crippen molar-refractivity contribution in [2.24, 2.45) is 0 Å². The Balaban J connectivity index is 2.89. The highest BCUT2D eigenvalue weighted by Crippen LogP contribution is 1.83. The molecule has 0 aromatic rings. The Labute approximate surface area is 61.8 Å². The van der Waals surface area contributed by atoms with Crippen LogP contribution in [0, 0.1) is 0 Å². The van der Waals surface area contributed by atoms with Gasteiger partial charge in [-0.2, -0.15) is 0 Å². The maximum atomic E-state index is 8.31. The summed E-state index contributed by atoms with van der Waals surface area (Å²) >= 11 is 0. The van der Waals surface area contributed by atoms with Crippen molar-refractivity contribution < 1.29 is 9.84 Å². The van der Waals surface area contributed by atoms with Crippen LogP contribution in [0.1, 0.15) is 6.42 Å². The molecule has 0 radical (unpaired) electrons. The van der Waals surface area contributed by atoms with Crippen molar-refractivity contribution >= 4 is 0 Å². The Hall–Kier alpha value is -0.600. The summed E-state index contributed by atoms with van der Waals surface area (Å²) in [6.45, 7) is 4.93. The molecular weight excluding hydrogens is 128 g/mol. The Kier molecular flexibility index (Phi) is 7.90. The van der Waals surface area contributed by atoms with Gasteiger partial charge in [0.05, 0.1) is 19.8 Å². The lowest BCUT2D eigenvalue weighted by molar-refractivity contribution is 0.167. The summed E-state index contributed by atoms with van der Waals surface area (Å²) in [5, 5.41) is 8.31. The highest BCUT2D eigenvalue weighted by molar-refractivity contribution is 4.80. The van der Waals surface area contributed by atoms with Crippen molar-refractivity contribution in [2.75, 3.05) is 19.8 Å². The average Bonchev–Trinajstić information content (AvgIpc) is 1.97. The van der Waals surface area contributed by atoms with Crippen LogP contribution >= 0.6 is 0 Å². The molecule has 0 aliphatic carbocycles. The molecule has 0 saturated carbocycles. The molecule has 0 fully saturated rings. The molecular formula is C8H14O2. The predicted molar refractivity (Wildman–Crippen MR) is 41.9 cm³/mol. The Bertz CT molecular complexity index is 97.4. The van der Waals surface area contributed by atoms with E-state index < -0.39 is 0 Å².